The van der Waals surface area contributed by atoms with E-state index in [1.54, 1.807) is 23.3 Å². The van der Waals surface area contributed by atoms with E-state index in [4.69, 9.17) is 5.11 Å². The number of nitrogens with zero attached hydrogens (tertiary/aromatic N) is 1. The van der Waals surface area contributed by atoms with E-state index in [1.165, 1.54) is 0 Å². The van der Waals surface area contributed by atoms with E-state index in [2.05, 4.69) is 0 Å². The second kappa shape index (κ2) is 5.52. The number of rotatable bonds is 4. The van der Waals surface area contributed by atoms with Gasteiger partial charge in [-0.3, -0.25) is 9.59 Å². The van der Waals surface area contributed by atoms with E-state index in [1.807, 2.05) is 16.8 Å². The Morgan fingerprint density at radius 3 is 2.78 bits per heavy atom. The Morgan fingerprint density at radius 2 is 2.17 bits per heavy atom. The Morgan fingerprint density at radius 1 is 1.44 bits per heavy atom. The minimum atomic E-state index is -0.838. The van der Waals surface area contributed by atoms with Crippen LogP contribution >= 0.6 is 11.3 Å². The monoisotopic (exact) mass is 267 g/mol. The second-order valence-corrected chi connectivity index (χ2v) is 5.59. The van der Waals surface area contributed by atoms with Crippen LogP contribution < -0.4 is 0 Å². The zero-order chi connectivity index (χ0) is 13.1. The van der Waals surface area contributed by atoms with Gasteiger partial charge in [-0.25, -0.2) is 0 Å². The van der Waals surface area contributed by atoms with Crippen molar-refractivity contribution in [3.05, 3.63) is 22.4 Å². The molecule has 2 rings (SSSR count). The molecule has 1 heterocycles. The van der Waals surface area contributed by atoms with E-state index in [0.29, 0.717) is 19.4 Å². The van der Waals surface area contributed by atoms with Crippen molar-refractivity contribution in [3.63, 3.8) is 0 Å². The number of carboxylic acids is 1. The van der Waals surface area contributed by atoms with Crippen molar-refractivity contribution >= 4 is 23.2 Å². The third kappa shape index (κ3) is 2.72. The Labute approximate surface area is 110 Å². The molecule has 2 unspecified atom stereocenters. The molecule has 0 aliphatic heterocycles. The van der Waals surface area contributed by atoms with E-state index in [9.17, 15) is 9.59 Å². The van der Waals surface area contributed by atoms with Crippen molar-refractivity contribution in [2.45, 2.75) is 25.8 Å². The quantitative estimate of drug-likeness (QED) is 0.910. The maximum atomic E-state index is 12.3. The van der Waals surface area contributed by atoms with Crippen LogP contribution in [0, 0.1) is 11.8 Å². The Hall–Kier alpha value is -1.36. The van der Waals surface area contributed by atoms with Crippen molar-refractivity contribution in [3.8, 4) is 0 Å². The lowest BCUT2D eigenvalue weighted by atomic mass is 9.95. The van der Waals surface area contributed by atoms with Crippen LogP contribution in [-0.4, -0.2) is 28.9 Å². The zero-order valence-corrected chi connectivity index (χ0v) is 11.2. The number of hydrogen-bond donors (Lipinski definition) is 1. The van der Waals surface area contributed by atoms with Crippen LogP contribution in [0.3, 0.4) is 0 Å². The predicted octanol–water partition coefficient (Wildman–Crippen LogP) is 2.21. The average molecular weight is 267 g/mol. The molecule has 1 aliphatic carbocycles. The van der Waals surface area contributed by atoms with Crippen molar-refractivity contribution in [2.75, 3.05) is 7.05 Å². The normalized spacial score (nSPS) is 22.9. The fourth-order valence-electron chi connectivity index (χ4n) is 2.57. The first-order chi connectivity index (χ1) is 8.59. The summed E-state index contributed by atoms with van der Waals surface area (Å²) in [5.74, 6) is -1.71. The van der Waals surface area contributed by atoms with E-state index < -0.39 is 11.9 Å². The number of thiophene rings is 1. The average Bonchev–Trinajstić information content (AvgIpc) is 2.97. The zero-order valence-electron chi connectivity index (χ0n) is 10.3. The summed E-state index contributed by atoms with van der Waals surface area (Å²) in [4.78, 5) is 25.0. The fraction of sp³-hybridized carbons (Fsp3) is 0.538. The van der Waals surface area contributed by atoms with Crippen LogP contribution in [-0.2, 0) is 16.1 Å². The molecule has 2 atom stereocenters. The molecule has 1 amide bonds. The van der Waals surface area contributed by atoms with Crippen LogP contribution in [0.25, 0.3) is 0 Å². The molecule has 1 saturated carbocycles. The molecule has 5 heteroatoms. The molecule has 1 aliphatic rings. The summed E-state index contributed by atoms with van der Waals surface area (Å²) in [5, 5.41) is 13.1. The fourth-order valence-corrected chi connectivity index (χ4v) is 3.23. The van der Waals surface area contributed by atoms with Crippen molar-refractivity contribution < 1.29 is 14.7 Å². The molecular weight excluding hydrogens is 250 g/mol. The standard InChI is InChI=1S/C13H17NO3S/c1-14(7-9-5-6-18-8-9)12(15)10-3-2-4-11(10)13(16)17/h5-6,8,10-11H,2-4,7H2,1H3,(H,16,17). The van der Waals surface area contributed by atoms with Gasteiger partial charge in [0.1, 0.15) is 0 Å². The number of carbonyl (C=O) groups excluding carboxylic acids is 1. The van der Waals surface area contributed by atoms with Crippen LogP contribution in [0.4, 0.5) is 0 Å². The molecule has 0 bridgehead atoms. The van der Waals surface area contributed by atoms with Gasteiger partial charge in [0, 0.05) is 13.6 Å². The molecule has 0 saturated heterocycles. The SMILES string of the molecule is CN(Cc1ccsc1)C(=O)C1CCCC1C(=O)O. The highest BCUT2D eigenvalue weighted by Gasteiger charge is 2.38. The third-order valence-corrected chi connectivity index (χ3v) is 4.26. The van der Waals surface area contributed by atoms with Gasteiger partial charge in [-0.2, -0.15) is 11.3 Å². The van der Waals surface area contributed by atoms with Gasteiger partial charge in [-0.05, 0) is 35.2 Å². The highest BCUT2D eigenvalue weighted by molar-refractivity contribution is 7.07. The van der Waals surface area contributed by atoms with Crippen molar-refractivity contribution in [2.24, 2.45) is 11.8 Å². The third-order valence-electron chi connectivity index (χ3n) is 3.53. The summed E-state index contributed by atoms with van der Waals surface area (Å²) in [6, 6.07) is 1.98. The van der Waals surface area contributed by atoms with E-state index in [-0.39, 0.29) is 11.8 Å². The van der Waals surface area contributed by atoms with Gasteiger partial charge in [0.2, 0.25) is 5.91 Å². The van der Waals surface area contributed by atoms with Gasteiger partial charge in [0.15, 0.2) is 0 Å². The van der Waals surface area contributed by atoms with Crippen LogP contribution in [0.2, 0.25) is 0 Å². The maximum Gasteiger partial charge on any atom is 0.307 e. The Bertz CT molecular complexity index is 429. The van der Waals surface area contributed by atoms with E-state index in [0.717, 1.165) is 12.0 Å². The molecule has 1 aromatic rings. The second-order valence-electron chi connectivity index (χ2n) is 4.81. The van der Waals surface area contributed by atoms with Crippen LogP contribution in [0.15, 0.2) is 16.8 Å². The molecule has 1 fully saturated rings. The summed E-state index contributed by atoms with van der Waals surface area (Å²) < 4.78 is 0. The maximum absolute atomic E-state index is 12.3. The number of carbonyl (C=O) groups is 2. The summed E-state index contributed by atoms with van der Waals surface area (Å²) in [6.45, 7) is 0.561. The highest BCUT2D eigenvalue weighted by atomic mass is 32.1. The largest absolute Gasteiger partial charge is 0.481 e. The van der Waals surface area contributed by atoms with Crippen molar-refractivity contribution in [1.29, 1.82) is 0 Å². The first kappa shape index (κ1) is 13.1. The molecule has 1 N–H and O–H groups in total. The van der Waals surface area contributed by atoms with Gasteiger partial charge in [-0.1, -0.05) is 6.42 Å². The highest BCUT2D eigenvalue weighted by Crippen LogP contribution is 2.33. The van der Waals surface area contributed by atoms with E-state index >= 15 is 0 Å². The lowest BCUT2D eigenvalue weighted by Crippen LogP contribution is -2.36. The van der Waals surface area contributed by atoms with Gasteiger partial charge < -0.3 is 10.0 Å². The molecule has 4 nitrogen and oxygen atoms in total. The van der Waals surface area contributed by atoms with Gasteiger partial charge in [0.05, 0.1) is 11.8 Å². The molecular formula is C13H17NO3S. The number of aliphatic carboxylic acids is 1. The molecule has 1 aromatic heterocycles. The predicted molar refractivity (Wildman–Crippen MR) is 69.3 cm³/mol. The van der Waals surface area contributed by atoms with Crippen LogP contribution in [0.1, 0.15) is 24.8 Å². The van der Waals surface area contributed by atoms with Gasteiger partial charge in [0.25, 0.3) is 0 Å². The molecule has 0 aromatic carbocycles. The molecule has 18 heavy (non-hydrogen) atoms. The summed E-state index contributed by atoms with van der Waals surface area (Å²) in [5.41, 5.74) is 1.10. The van der Waals surface area contributed by atoms with Crippen molar-refractivity contribution in [1.82, 2.24) is 4.90 Å². The number of carboxylic acid groups (broad SMARTS) is 1. The summed E-state index contributed by atoms with van der Waals surface area (Å²) >= 11 is 1.60. The minimum Gasteiger partial charge on any atom is -0.481 e. The topological polar surface area (TPSA) is 57.6 Å². The summed E-state index contributed by atoms with van der Waals surface area (Å²) in [7, 11) is 1.75. The lowest BCUT2D eigenvalue weighted by Gasteiger charge is -2.23. The summed E-state index contributed by atoms with van der Waals surface area (Å²) in [6.07, 6.45) is 2.15. The van der Waals surface area contributed by atoms with Gasteiger partial charge >= 0.3 is 5.97 Å². The number of hydrogen-bond acceptors (Lipinski definition) is 3. The van der Waals surface area contributed by atoms with Gasteiger partial charge in [-0.15, -0.1) is 0 Å². The number of amides is 1. The Kier molecular flexibility index (Phi) is 4.01. The molecule has 0 spiro atoms. The molecule has 0 radical (unpaired) electrons. The lowest BCUT2D eigenvalue weighted by molar-refractivity contribution is -0.148. The van der Waals surface area contributed by atoms with Crippen LogP contribution in [0.5, 0.6) is 0 Å². The first-order valence-electron chi connectivity index (χ1n) is 6.08. The minimum absolute atomic E-state index is 0.0360. The first-order valence-corrected chi connectivity index (χ1v) is 7.02. The Balaban J connectivity index is 1.99. The molecule has 98 valence electrons. The smallest absolute Gasteiger partial charge is 0.307 e.